The van der Waals surface area contributed by atoms with Gasteiger partial charge in [-0.3, -0.25) is 0 Å². The van der Waals surface area contributed by atoms with Crippen molar-refractivity contribution in [2.45, 2.75) is 38.1 Å². The lowest BCUT2D eigenvalue weighted by Crippen LogP contribution is -2.31. The van der Waals surface area contributed by atoms with E-state index in [2.05, 4.69) is 24.3 Å². The third kappa shape index (κ3) is 3.28. The molecule has 0 heterocycles. The highest BCUT2D eigenvalue weighted by molar-refractivity contribution is 4.82. The van der Waals surface area contributed by atoms with Gasteiger partial charge in [0.05, 0.1) is 0 Å². The third-order valence-electron chi connectivity index (χ3n) is 3.28. The van der Waals surface area contributed by atoms with Crippen LogP contribution in [0.5, 0.6) is 0 Å². The molecule has 0 amide bonds. The monoisotopic (exact) mass is 184 g/mol. The fourth-order valence-electron chi connectivity index (χ4n) is 2.57. The van der Waals surface area contributed by atoms with Crippen molar-refractivity contribution in [3.05, 3.63) is 0 Å². The van der Waals surface area contributed by atoms with E-state index in [9.17, 15) is 0 Å². The first kappa shape index (κ1) is 11.0. The summed E-state index contributed by atoms with van der Waals surface area (Å²) in [7, 11) is 6.49. The Morgan fingerprint density at radius 3 is 2.69 bits per heavy atom. The maximum absolute atomic E-state index is 3.22. The number of hydrogen-bond donors (Lipinski definition) is 1. The van der Waals surface area contributed by atoms with Crippen LogP contribution in [0.1, 0.15) is 32.1 Å². The van der Waals surface area contributed by atoms with Crippen LogP contribution in [-0.4, -0.2) is 38.6 Å². The second kappa shape index (κ2) is 5.61. The van der Waals surface area contributed by atoms with Crippen molar-refractivity contribution < 1.29 is 0 Å². The van der Waals surface area contributed by atoms with Gasteiger partial charge in [-0.05, 0) is 59.3 Å². The largest absolute Gasteiger partial charge is 0.320 e. The number of nitrogens with one attached hydrogen (secondary N) is 1. The molecule has 2 unspecified atom stereocenters. The zero-order valence-electron chi connectivity index (χ0n) is 9.34. The SMILES string of the molecule is CNCCCC1CCCC1N(C)C. The summed E-state index contributed by atoms with van der Waals surface area (Å²) < 4.78 is 0. The van der Waals surface area contributed by atoms with Crippen LogP contribution >= 0.6 is 0 Å². The molecule has 0 aliphatic heterocycles. The molecule has 1 aliphatic rings. The van der Waals surface area contributed by atoms with Gasteiger partial charge in [0.2, 0.25) is 0 Å². The summed E-state index contributed by atoms with van der Waals surface area (Å²) in [5.41, 5.74) is 0. The van der Waals surface area contributed by atoms with Gasteiger partial charge in [-0.15, -0.1) is 0 Å². The molecule has 2 nitrogen and oxygen atoms in total. The smallest absolute Gasteiger partial charge is 0.0117 e. The Morgan fingerprint density at radius 2 is 2.08 bits per heavy atom. The van der Waals surface area contributed by atoms with Crippen molar-refractivity contribution in [3.63, 3.8) is 0 Å². The highest BCUT2D eigenvalue weighted by atomic mass is 15.1. The van der Waals surface area contributed by atoms with Gasteiger partial charge in [0.15, 0.2) is 0 Å². The normalized spacial score (nSPS) is 28.6. The second-order valence-electron chi connectivity index (χ2n) is 4.47. The van der Waals surface area contributed by atoms with Crippen LogP contribution in [0.3, 0.4) is 0 Å². The average Bonchev–Trinajstić information content (AvgIpc) is 2.53. The van der Waals surface area contributed by atoms with Crippen molar-refractivity contribution in [1.29, 1.82) is 0 Å². The van der Waals surface area contributed by atoms with Gasteiger partial charge in [0.1, 0.15) is 0 Å². The quantitative estimate of drug-likeness (QED) is 0.654. The van der Waals surface area contributed by atoms with Gasteiger partial charge in [-0.1, -0.05) is 6.42 Å². The van der Waals surface area contributed by atoms with E-state index >= 15 is 0 Å². The minimum Gasteiger partial charge on any atom is -0.320 e. The van der Waals surface area contributed by atoms with Crippen molar-refractivity contribution in [3.8, 4) is 0 Å². The molecule has 1 fully saturated rings. The zero-order chi connectivity index (χ0) is 9.68. The predicted molar refractivity (Wildman–Crippen MR) is 58.0 cm³/mol. The molecule has 0 spiro atoms. The molecular formula is C11H24N2. The lowest BCUT2D eigenvalue weighted by molar-refractivity contribution is 0.227. The van der Waals surface area contributed by atoms with E-state index in [0.717, 1.165) is 12.0 Å². The summed E-state index contributed by atoms with van der Waals surface area (Å²) in [5, 5.41) is 3.22. The van der Waals surface area contributed by atoms with E-state index in [1.54, 1.807) is 0 Å². The van der Waals surface area contributed by atoms with Crippen LogP contribution in [0, 0.1) is 5.92 Å². The Kier molecular flexibility index (Phi) is 4.74. The van der Waals surface area contributed by atoms with Crippen LogP contribution < -0.4 is 5.32 Å². The molecule has 0 aromatic rings. The molecule has 1 saturated carbocycles. The maximum atomic E-state index is 3.22. The van der Waals surface area contributed by atoms with E-state index in [0.29, 0.717) is 0 Å². The summed E-state index contributed by atoms with van der Waals surface area (Å²) in [6.07, 6.45) is 7.05. The Hall–Kier alpha value is -0.0800. The van der Waals surface area contributed by atoms with Crippen molar-refractivity contribution in [2.24, 2.45) is 5.92 Å². The van der Waals surface area contributed by atoms with Gasteiger partial charge in [0.25, 0.3) is 0 Å². The molecule has 2 heteroatoms. The Bertz CT molecular complexity index is 134. The summed E-state index contributed by atoms with van der Waals surface area (Å²) >= 11 is 0. The lowest BCUT2D eigenvalue weighted by atomic mass is 9.97. The summed E-state index contributed by atoms with van der Waals surface area (Å²) in [5.74, 6) is 0.961. The van der Waals surface area contributed by atoms with Crippen LogP contribution in [0.4, 0.5) is 0 Å². The third-order valence-corrected chi connectivity index (χ3v) is 3.28. The second-order valence-corrected chi connectivity index (χ2v) is 4.47. The summed E-state index contributed by atoms with van der Waals surface area (Å²) in [4.78, 5) is 2.41. The molecule has 0 radical (unpaired) electrons. The Labute approximate surface area is 82.7 Å². The number of nitrogens with zero attached hydrogens (tertiary/aromatic N) is 1. The number of rotatable bonds is 5. The Balaban J connectivity index is 2.23. The highest BCUT2D eigenvalue weighted by Crippen LogP contribution is 2.31. The molecule has 2 atom stereocenters. The molecule has 0 bridgehead atoms. The first-order valence-corrected chi connectivity index (χ1v) is 5.56. The molecule has 0 aromatic carbocycles. The van der Waals surface area contributed by atoms with E-state index < -0.39 is 0 Å². The van der Waals surface area contributed by atoms with E-state index in [4.69, 9.17) is 0 Å². The van der Waals surface area contributed by atoms with Crippen LogP contribution in [0.2, 0.25) is 0 Å². The van der Waals surface area contributed by atoms with Gasteiger partial charge in [0, 0.05) is 6.04 Å². The molecule has 13 heavy (non-hydrogen) atoms. The van der Waals surface area contributed by atoms with E-state index in [-0.39, 0.29) is 0 Å². The van der Waals surface area contributed by atoms with Crippen LogP contribution in [0.15, 0.2) is 0 Å². The van der Waals surface area contributed by atoms with Gasteiger partial charge >= 0.3 is 0 Å². The summed E-state index contributed by atoms with van der Waals surface area (Å²) in [6.45, 7) is 1.18. The Morgan fingerprint density at radius 1 is 1.31 bits per heavy atom. The van der Waals surface area contributed by atoms with Crippen LogP contribution in [-0.2, 0) is 0 Å². The standard InChI is InChI=1S/C11H24N2/c1-12-9-5-7-10-6-4-8-11(10)13(2)3/h10-12H,4-9H2,1-3H3. The summed E-state index contributed by atoms with van der Waals surface area (Å²) in [6, 6.07) is 0.858. The first-order valence-electron chi connectivity index (χ1n) is 5.56. The molecule has 1 N–H and O–H groups in total. The highest BCUT2D eigenvalue weighted by Gasteiger charge is 2.27. The molecule has 0 saturated heterocycles. The minimum absolute atomic E-state index is 0.858. The maximum Gasteiger partial charge on any atom is 0.0117 e. The lowest BCUT2D eigenvalue weighted by Gasteiger charge is -2.26. The van der Waals surface area contributed by atoms with Gasteiger partial charge < -0.3 is 10.2 Å². The molecule has 78 valence electrons. The first-order chi connectivity index (χ1) is 6.25. The molecular weight excluding hydrogens is 160 g/mol. The van der Waals surface area contributed by atoms with Crippen molar-refractivity contribution in [1.82, 2.24) is 10.2 Å². The topological polar surface area (TPSA) is 15.3 Å². The van der Waals surface area contributed by atoms with Crippen LogP contribution in [0.25, 0.3) is 0 Å². The molecule has 1 rings (SSSR count). The van der Waals surface area contributed by atoms with Crippen molar-refractivity contribution in [2.75, 3.05) is 27.7 Å². The van der Waals surface area contributed by atoms with E-state index in [1.807, 2.05) is 7.05 Å². The number of hydrogen-bond acceptors (Lipinski definition) is 2. The minimum atomic E-state index is 0.858. The fraction of sp³-hybridized carbons (Fsp3) is 1.00. The van der Waals surface area contributed by atoms with Gasteiger partial charge in [-0.25, -0.2) is 0 Å². The van der Waals surface area contributed by atoms with E-state index in [1.165, 1.54) is 38.6 Å². The zero-order valence-corrected chi connectivity index (χ0v) is 9.34. The average molecular weight is 184 g/mol. The fourth-order valence-corrected chi connectivity index (χ4v) is 2.57. The predicted octanol–water partition coefficient (Wildman–Crippen LogP) is 1.72. The molecule has 1 aliphatic carbocycles. The van der Waals surface area contributed by atoms with Crippen molar-refractivity contribution >= 4 is 0 Å². The molecule has 0 aromatic heterocycles. The van der Waals surface area contributed by atoms with Gasteiger partial charge in [-0.2, -0.15) is 0 Å².